The van der Waals surface area contributed by atoms with E-state index in [-0.39, 0.29) is 23.0 Å². The van der Waals surface area contributed by atoms with Crippen LogP contribution in [-0.4, -0.2) is 44.0 Å². The van der Waals surface area contributed by atoms with Gasteiger partial charge in [0, 0.05) is 19.6 Å². The largest absolute Gasteiger partial charge is 0.356 e. The molecule has 1 saturated heterocycles. The van der Waals surface area contributed by atoms with Crippen LogP contribution in [0.3, 0.4) is 0 Å². The number of rotatable bonds is 6. The van der Waals surface area contributed by atoms with Crippen LogP contribution in [0.4, 0.5) is 0 Å². The zero-order valence-electron chi connectivity index (χ0n) is 14.9. The Morgan fingerprint density at radius 3 is 2.50 bits per heavy atom. The second-order valence-electron chi connectivity index (χ2n) is 8.51. The van der Waals surface area contributed by atoms with Gasteiger partial charge in [-0.25, -0.2) is 12.7 Å². The molecule has 1 atom stereocenters. The lowest BCUT2D eigenvalue weighted by Gasteiger charge is -2.37. The van der Waals surface area contributed by atoms with Crippen LogP contribution in [0.2, 0.25) is 0 Å². The van der Waals surface area contributed by atoms with E-state index < -0.39 is 10.0 Å². The lowest BCUT2D eigenvalue weighted by atomic mass is 9.77. The van der Waals surface area contributed by atoms with Gasteiger partial charge in [0.05, 0.1) is 11.7 Å². The first-order valence-corrected chi connectivity index (χ1v) is 11.2. The first-order chi connectivity index (χ1) is 11.4. The first kappa shape index (κ1) is 18.2. The highest BCUT2D eigenvalue weighted by Crippen LogP contribution is 2.38. The van der Waals surface area contributed by atoms with Gasteiger partial charge in [-0.1, -0.05) is 26.2 Å². The molecular weight excluding hydrogens is 324 g/mol. The molecule has 5 nitrogen and oxygen atoms in total. The average Bonchev–Trinajstić information content (AvgIpc) is 3.37. The van der Waals surface area contributed by atoms with Crippen molar-refractivity contribution in [1.29, 1.82) is 0 Å². The summed E-state index contributed by atoms with van der Waals surface area (Å²) in [6.45, 7) is 3.83. The number of amides is 1. The van der Waals surface area contributed by atoms with Crippen LogP contribution < -0.4 is 5.32 Å². The highest BCUT2D eigenvalue weighted by atomic mass is 32.2. The SMILES string of the molecule is CC1(CS(=O)(=O)N2CCCC(C(=O)NCC3CC3)C2)CCCCC1. The van der Waals surface area contributed by atoms with Crippen LogP contribution in [0.25, 0.3) is 0 Å². The van der Waals surface area contributed by atoms with Crippen molar-refractivity contribution in [1.82, 2.24) is 9.62 Å². The molecule has 0 aromatic rings. The molecule has 1 unspecified atom stereocenters. The minimum absolute atomic E-state index is 0.0469. The van der Waals surface area contributed by atoms with Gasteiger partial charge in [-0.05, 0) is 49.9 Å². The molecule has 1 heterocycles. The molecule has 0 radical (unpaired) electrons. The molecule has 6 heteroatoms. The summed E-state index contributed by atoms with van der Waals surface area (Å²) >= 11 is 0. The summed E-state index contributed by atoms with van der Waals surface area (Å²) in [4.78, 5) is 12.3. The maximum absolute atomic E-state index is 12.9. The van der Waals surface area contributed by atoms with Crippen molar-refractivity contribution in [2.75, 3.05) is 25.4 Å². The Bertz CT molecular complexity index is 551. The smallest absolute Gasteiger partial charge is 0.224 e. The van der Waals surface area contributed by atoms with E-state index in [0.717, 1.165) is 45.1 Å². The quantitative estimate of drug-likeness (QED) is 0.795. The normalized spacial score (nSPS) is 28.5. The van der Waals surface area contributed by atoms with Gasteiger partial charge in [0.2, 0.25) is 15.9 Å². The van der Waals surface area contributed by atoms with Gasteiger partial charge in [-0.2, -0.15) is 0 Å². The second kappa shape index (κ2) is 7.32. The standard InChI is InChI=1S/C18H32N2O3S/c1-18(9-3-2-4-10-18)14-24(22,23)20-11-5-6-16(13-20)17(21)19-12-15-7-8-15/h15-16H,2-14H2,1H3,(H,19,21). The van der Waals surface area contributed by atoms with Crippen LogP contribution in [0.5, 0.6) is 0 Å². The molecular formula is C18H32N2O3S. The summed E-state index contributed by atoms with van der Waals surface area (Å²) in [7, 11) is -3.27. The van der Waals surface area contributed by atoms with E-state index in [2.05, 4.69) is 12.2 Å². The van der Waals surface area contributed by atoms with Crippen LogP contribution >= 0.6 is 0 Å². The Balaban J connectivity index is 1.56. The summed E-state index contributed by atoms with van der Waals surface area (Å²) in [5.41, 5.74) is -0.0851. The number of hydrogen-bond donors (Lipinski definition) is 1. The number of piperidine rings is 1. The topological polar surface area (TPSA) is 66.5 Å². The lowest BCUT2D eigenvalue weighted by Crippen LogP contribution is -2.48. The minimum atomic E-state index is -3.27. The van der Waals surface area contributed by atoms with Crippen LogP contribution in [0.1, 0.15) is 64.7 Å². The molecule has 1 N–H and O–H groups in total. The van der Waals surface area contributed by atoms with E-state index in [1.54, 1.807) is 4.31 Å². The first-order valence-electron chi connectivity index (χ1n) is 9.64. The molecule has 0 aromatic carbocycles. The van der Waals surface area contributed by atoms with Gasteiger partial charge in [0.1, 0.15) is 0 Å². The third-order valence-electron chi connectivity index (χ3n) is 6.00. The van der Waals surface area contributed by atoms with E-state index in [1.807, 2.05) is 0 Å². The van der Waals surface area contributed by atoms with Crippen molar-refractivity contribution in [3.8, 4) is 0 Å². The average molecular weight is 357 g/mol. The monoisotopic (exact) mass is 356 g/mol. The number of sulfonamides is 1. The fourth-order valence-corrected chi connectivity index (χ4v) is 6.37. The van der Waals surface area contributed by atoms with Crippen molar-refractivity contribution in [2.24, 2.45) is 17.3 Å². The van der Waals surface area contributed by atoms with Gasteiger partial charge in [-0.3, -0.25) is 4.79 Å². The van der Waals surface area contributed by atoms with E-state index in [0.29, 0.717) is 19.0 Å². The molecule has 138 valence electrons. The second-order valence-corrected chi connectivity index (χ2v) is 10.5. The van der Waals surface area contributed by atoms with Crippen LogP contribution in [-0.2, 0) is 14.8 Å². The predicted molar refractivity (Wildman–Crippen MR) is 95.0 cm³/mol. The molecule has 3 aliphatic rings. The van der Waals surface area contributed by atoms with E-state index in [1.165, 1.54) is 19.3 Å². The minimum Gasteiger partial charge on any atom is -0.356 e. The molecule has 0 bridgehead atoms. The zero-order valence-corrected chi connectivity index (χ0v) is 15.7. The van der Waals surface area contributed by atoms with Gasteiger partial charge < -0.3 is 5.32 Å². The molecule has 3 rings (SSSR count). The van der Waals surface area contributed by atoms with Gasteiger partial charge in [-0.15, -0.1) is 0 Å². The Hall–Kier alpha value is -0.620. The Kier molecular flexibility index (Phi) is 5.55. The lowest BCUT2D eigenvalue weighted by molar-refractivity contribution is -0.126. The molecule has 2 saturated carbocycles. The number of nitrogens with one attached hydrogen (secondary N) is 1. The Labute approximate surface area is 146 Å². The molecule has 2 aliphatic carbocycles. The van der Waals surface area contributed by atoms with Crippen molar-refractivity contribution >= 4 is 15.9 Å². The summed E-state index contributed by atoms with van der Waals surface area (Å²) in [5.74, 6) is 0.775. The fourth-order valence-electron chi connectivity index (χ4n) is 4.20. The van der Waals surface area contributed by atoms with Crippen molar-refractivity contribution < 1.29 is 13.2 Å². The van der Waals surface area contributed by atoms with Crippen molar-refractivity contribution in [3.05, 3.63) is 0 Å². The van der Waals surface area contributed by atoms with E-state index in [9.17, 15) is 13.2 Å². The number of carbonyl (C=O) groups excluding carboxylic acids is 1. The molecule has 0 aromatic heterocycles. The van der Waals surface area contributed by atoms with Crippen LogP contribution in [0, 0.1) is 17.3 Å². The zero-order chi connectivity index (χ0) is 17.2. The third kappa shape index (κ3) is 4.72. The van der Waals surface area contributed by atoms with Gasteiger partial charge >= 0.3 is 0 Å². The molecule has 3 fully saturated rings. The summed E-state index contributed by atoms with van der Waals surface area (Å²) in [5, 5.41) is 3.01. The van der Waals surface area contributed by atoms with Crippen molar-refractivity contribution in [2.45, 2.75) is 64.7 Å². The molecule has 24 heavy (non-hydrogen) atoms. The molecule has 1 amide bonds. The van der Waals surface area contributed by atoms with Crippen molar-refractivity contribution in [3.63, 3.8) is 0 Å². The number of carbonyl (C=O) groups is 1. The summed E-state index contributed by atoms with van der Waals surface area (Å²) in [6, 6.07) is 0. The molecule has 0 spiro atoms. The Morgan fingerprint density at radius 2 is 1.83 bits per heavy atom. The third-order valence-corrected chi connectivity index (χ3v) is 8.18. The fraction of sp³-hybridized carbons (Fsp3) is 0.944. The van der Waals surface area contributed by atoms with Gasteiger partial charge in [0.15, 0.2) is 0 Å². The number of hydrogen-bond acceptors (Lipinski definition) is 3. The van der Waals surface area contributed by atoms with E-state index in [4.69, 9.17) is 0 Å². The van der Waals surface area contributed by atoms with E-state index >= 15 is 0 Å². The highest BCUT2D eigenvalue weighted by Gasteiger charge is 2.38. The molecule has 1 aliphatic heterocycles. The maximum atomic E-state index is 12.9. The maximum Gasteiger partial charge on any atom is 0.224 e. The van der Waals surface area contributed by atoms with Gasteiger partial charge in [0.25, 0.3) is 0 Å². The number of nitrogens with zero attached hydrogens (tertiary/aromatic N) is 1. The summed E-state index contributed by atoms with van der Waals surface area (Å²) in [6.07, 6.45) is 9.53. The Morgan fingerprint density at radius 1 is 1.12 bits per heavy atom. The summed E-state index contributed by atoms with van der Waals surface area (Å²) < 4.78 is 27.4. The highest BCUT2D eigenvalue weighted by molar-refractivity contribution is 7.89. The predicted octanol–water partition coefficient (Wildman–Crippen LogP) is 2.52. The van der Waals surface area contributed by atoms with Crippen LogP contribution in [0.15, 0.2) is 0 Å².